The highest BCUT2D eigenvalue weighted by Gasteiger charge is 1.97. The largest absolute Gasteiger partial charge is 0.397 e. The lowest BCUT2D eigenvalue weighted by atomic mass is 10.1. The molecule has 2 aromatic rings. The summed E-state index contributed by atoms with van der Waals surface area (Å²) >= 11 is 0. The van der Waals surface area contributed by atoms with Crippen LogP contribution in [0.25, 0.3) is 12.2 Å². The highest BCUT2D eigenvalue weighted by Crippen LogP contribution is 2.21. The topological polar surface area (TPSA) is 52.0 Å². The summed E-state index contributed by atoms with van der Waals surface area (Å²) in [5.41, 5.74) is 14.9. The molecule has 16 heavy (non-hydrogen) atoms. The van der Waals surface area contributed by atoms with Crippen LogP contribution in [-0.2, 0) is 0 Å². The van der Waals surface area contributed by atoms with E-state index < -0.39 is 0 Å². The maximum absolute atomic E-state index is 5.87. The molecular formula is C14H14N2. The number of benzene rings is 2. The summed E-state index contributed by atoms with van der Waals surface area (Å²) in [7, 11) is 0. The fourth-order valence-electron chi connectivity index (χ4n) is 1.50. The molecule has 0 bridgehead atoms. The van der Waals surface area contributed by atoms with E-state index in [0.29, 0.717) is 11.4 Å². The Kier molecular flexibility index (Phi) is 2.92. The van der Waals surface area contributed by atoms with E-state index in [1.165, 1.54) is 0 Å². The number of nitrogen functional groups attached to an aromatic ring is 2. The van der Waals surface area contributed by atoms with E-state index in [4.69, 9.17) is 11.5 Å². The van der Waals surface area contributed by atoms with Crippen LogP contribution < -0.4 is 11.5 Å². The van der Waals surface area contributed by atoms with E-state index in [2.05, 4.69) is 0 Å². The lowest BCUT2D eigenvalue weighted by Gasteiger charge is -2.03. The number of anilines is 2. The third-order valence-corrected chi connectivity index (χ3v) is 2.43. The van der Waals surface area contributed by atoms with Crippen molar-refractivity contribution in [3.8, 4) is 0 Å². The van der Waals surface area contributed by atoms with Crippen LogP contribution in [0.5, 0.6) is 0 Å². The van der Waals surface area contributed by atoms with Crippen LogP contribution in [0.1, 0.15) is 11.1 Å². The number of nitrogens with two attached hydrogens (primary N) is 2. The molecule has 0 spiro atoms. The molecule has 0 aromatic heterocycles. The Morgan fingerprint density at radius 2 is 1.50 bits per heavy atom. The van der Waals surface area contributed by atoms with Gasteiger partial charge in [0.15, 0.2) is 0 Å². The maximum atomic E-state index is 5.87. The zero-order valence-corrected chi connectivity index (χ0v) is 8.93. The van der Waals surface area contributed by atoms with Crippen molar-refractivity contribution in [2.45, 2.75) is 0 Å². The molecule has 0 saturated heterocycles. The minimum atomic E-state index is 0.621. The molecule has 0 aliphatic heterocycles. The van der Waals surface area contributed by atoms with E-state index >= 15 is 0 Å². The summed E-state index contributed by atoms with van der Waals surface area (Å²) < 4.78 is 0. The lowest BCUT2D eigenvalue weighted by Crippen LogP contribution is -1.96. The van der Waals surface area contributed by atoms with Crippen LogP contribution >= 0.6 is 0 Å². The molecule has 4 N–H and O–H groups in total. The standard InChI is InChI=1S/C14H14N2/c15-13-8-4-7-12(14(13)16)10-9-11-5-2-1-3-6-11/h1-10H,15-16H2/b10-9-. The van der Waals surface area contributed by atoms with Gasteiger partial charge in [0.05, 0.1) is 11.4 Å². The Hall–Kier alpha value is -2.22. The Balaban J connectivity index is 2.28. The lowest BCUT2D eigenvalue weighted by molar-refractivity contribution is 1.62. The van der Waals surface area contributed by atoms with Gasteiger partial charge in [-0.25, -0.2) is 0 Å². The van der Waals surface area contributed by atoms with Crippen molar-refractivity contribution < 1.29 is 0 Å². The predicted molar refractivity (Wildman–Crippen MR) is 70.6 cm³/mol. The fourth-order valence-corrected chi connectivity index (χ4v) is 1.50. The summed E-state index contributed by atoms with van der Waals surface area (Å²) in [6.45, 7) is 0. The Bertz CT molecular complexity index is 501. The SMILES string of the molecule is Nc1cccc(/C=C\c2ccccc2)c1N. The predicted octanol–water partition coefficient (Wildman–Crippen LogP) is 3.02. The second-order valence-corrected chi connectivity index (χ2v) is 3.59. The van der Waals surface area contributed by atoms with Crippen LogP contribution in [0.15, 0.2) is 48.5 Å². The number of hydrogen-bond donors (Lipinski definition) is 2. The third kappa shape index (κ3) is 2.23. The smallest absolute Gasteiger partial charge is 0.0621 e. The molecular weight excluding hydrogens is 196 g/mol. The monoisotopic (exact) mass is 210 g/mol. The number of para-hydroxylation sites is 1. The zero-order valence-electron chi connectivity index (χ0n) is 8.93. The Labute approximate surface area is 95.2 Å². The quantitative estimate of drug-likeness (QED) is 0.591. The molecule has 2 aromatic carbocycles. The minimum absolute atomic E-state index is 0.621. The summed E-state index contributed by atoms with van der Waals surface area (Å²) in [6.07, 6.45) is 3.99. The van der Waals surface area contributed by atoms with Gasteiger partial charge in [0.1, 0.15) is 0 Å². The second kappa shape index (κ2) is 4.53. The molecule has 2 heteroatoms. The third-order valence-electron chi connectivity index (χ3n) is 2.43. The first-order valence-corrected chi connectivity index (χ1v) is 5.14. The molecule has 0 amide bonds. The van der Waals surface area contributed by atoms with Gasteiger partial charge in [0.2, 0.25) is 0 Å². The van der Waals surface area contributed by atoms with Gasteiger partial charge < -0.3 is 11.5 Å². The first-order chi connectivity index (χ1) is 7.77. The summed E-state index contributed by atoms with van der Waals surface area (Å²) in [6, 6.07) is 15.7. The summed E-state index contributed by atoms with van der Waals surface area (Å²) in [5.74, 6) is 0. The van der Waals surface area contributed by atoms with Gasteiger partial charge in [-0.2, -0.15) is 0 Å². The highest BCUT2D eigenvalue weighted by molar-refractivity contribution is 5.81. The molecule has 0 atom stereocenters. The first-order valence-electron chi connectivity index (χ1n) is 5.14. The zero-order chi connectivity index (χ0) is 11.4. The molecule has 0 radical (unpaired) electrons. The molecule has 0 aliphatic rings. The molecule has 2 nitrogen and oxygen atoms in total. The Morgan fingerprint density at radius 1 is 0.750 bits per heavy atom. The summed E-state index contributed by atoms with van der Waals surface area (Å²) in [4.78, 5) is 0. The average Bonchev–Trinajstić information content (AvgIpc) is 2.32. The number of hydrogen-bond acceptors (Lipinski definition) is 2. The van der Waals surface area contributed by atoms with Gasteiger partial charge in [0, 0.05) is 0 Å². The number of rotatable bonds is 2. The van der Waals surface area contributed by atoms with E-state index in [1.54, 1.807) is 6.07 Å². The van der Waals surface area contributed by atoms with Crippen molar-refractivity contribution in [2.24, 2.45) is 0 Å². The second-order valence-electron chi connectivity index (χ2n) is 3.59. The molecule has 0 unspecified atom stereocenters. The van der Waals surface area contributed by atoms with Crippen LogP contribution in [0.4, 0.5) is 11.4 Å². The highest BCUT2D eigenvalue weighted by atomic mass is 14.7. The van der Waals surface area contributed by atoms with E-state index in [-0.39, 0.29) is 0 Å². The Morgan fingerprint density at radius 3 is 2.25 bits per heavy atom. The van der Waals surface area contributed by atoms with E-state index in [0.717, 1.165) is 11.1 Å². The van der Waals surface area contributed by atoms with Crippen molar-refractivity contribution in [3.63, 3.8) is 0 Å². The normalized spacial score (nSPS) is 10.8. The van der Waals surface area contributed by atoms with Crippen molar-refractivity contribution in [1.82, 2.24) is 0 Å². The van der Waals surface area contributed by atoms with Crippen molar-refractivity contribution in [1.29, 1.82) is 0 Å². The van der Waals surface area contributed by atoms with Crippen molar-refractivity contribution in [3.05, 3.63) is 59.7 Å². The molecule has 0 fully saturated rings. The van der Waals surface area contributed by atoms with Crippen LogP contribution in [0, 0.1) is 0 Å². The minimum Gasteiger partial charge on any atom is -0.397 e. The van der Waals surface area contributed by atoms with E-state index in [1.807, 2.05) is 54.6 Å². The van der Waals surface area contributed by atoms with Gasteiger partial charge in [-0.15, -0.1) is 0 Å². The van der Waals surface area contributed by atoms with Gasteiger partial charge >= 0.3 is 0 Å². The van der Waals surface area contributed by atoms with Gasteiger partial charge in [-0.1, -0.05) is 54.6 Å². The van der Waals surface area contributed by atoms with Crippen molar-refractivity contribution in [2.75, 3.05) is 11.5 Å². The fraction of sp³-hybridized carbons (Fsp3) is 0. The molecule has 80 valence electrons. The molecule has 0 heterocycles. The molecule has 0 aliphatic carbocycles. The molecule has 0 saturated carbocycles. The van der Waals surface area contributed by atoms with E-state index in [9.17, 15) is 0 Å². The molecule has 2 rings (SSSR count). The van der Waals surface area contributed by atoms with Crippen LogP contribution in [-0.4, -0.2) is 0 Å². The van der Waals surface area contributed by atoms with Gasteiger partial charge in [0.25, 0.3) is 0 Å². The van der Waals surface area contributed by atoms with Crippen LogP contribution in [0.3, 0.4) is 0 Å². The van der Waals surface area contributed by atoms with Gasteiger partial charge in [-0.3, -0.25) is 0 Å². The first kappa shape index (κ1) is 10.3. The van der Waals surface area contributed by atoms with Crippen molar-refractivity contribution >= 4 is 23.5 Å². The van der Waals surface area contributed by atoms with Crippen LogP contribution in [0.2, 0.25) is 0 Å². The summed E-state index contributed by atoms with van der Waals surface area (Å²) in [5, 5.41) is 0. The average molecular weight is 210 g/mol. The maximum Gasteiger partial charge on any atom is 0.0621 e. The van der Waals surface area contributed by atoms with Gasteiger partial charge in [-0.05, 0) is 17.2 Å².